The first-order chi connectivity index (χ1) is 14.8. The smallest absolute Gasteiger partial charge is 0.332 e. The minimum atomic E-state index is -0.616. The summed E-state index contributed by atoms with van der Waals surface area (Å²) in [5, 5.41) is 0. The third kappa shape index (κ3) is 3.62. The highest BCUT2D eigenvalue weighted by Crippen LogP contribution is 2.11. The summed E-state index contributed by atoms with van der Waals surface area (Å²) in [5.41, 5.74) is -0.687. The van der Waals surface area contributed by atoms with E-state index in [1.54, 1.807) is 11.9 Å². The molecule has 0 atom stereocenters. The summed E-state index contributed by atoms with van der Waals surface area (Å²) in [6.45, 7) is 1.76. The number of aromatic nitrogens is 4. The van der Waals surface area contributed by atoms with E-state index in [-0.39, 0.29) is 37.3 Å². The fourth-order valence-corrected chi connectivity index (χ4v) is 4.12. The Morgan fingerprint density at radius 1 is 0.871 bits per heavy atom. The maximum Gasteiger partial charge on any atom is 0.332 e. The molecular formula is C19H25N7O5. The minimum absolute atomic E-state index is 0.234. The van der Waals surface area contributed by atoms with Gasteiger partial charge >= 0.3 is 17.5 Å². The summed E-state index contributed by atoms with van der Waals surface area (Å²) in [6, 6.07) is 0. The van der Waals surface area contributed by atoms with Crippen molar-refractivity contribution in [1.29, 1.82) is 0 Å². The Hall–Kier alpha value is -3.44. The van der Waals surface area contributed by atoms with Gasteiger partial charge in [-0.2, -0.15) is 0 Å². The van der Waals surface area contributed by atoms with Crippen molar-refractivity contribution in [3.8, 4) is 0 Å². The fraction of sp³-hybridized carbons (Fsp3) is 0.579. The van der Waals surface area contributed by atoms with Crippen LogP contribution in [0.2, 0.25) is 0 Å². The minimum Gasteiger partial charge on any atom is -0.338 e. The number of likely N-dealkylation sites (tertiary alicyclic amines) is 1. The van der Waals surface area contributed by atoms with Gasteiger partial charge < -0.3 is 19.3 Å². The number of amides is 3. The highest BCUT2D eigenvalue weighted by Gasteiger charge is 2.32. The number of hydrogen-bond acceptors (Lipinski definition) is 6. The Balaban J connectivity index is 1.44. The molecule has 0 radical (unpaired) electrons. The Morgan fingerprint density at radius 3 is 2.03 bits per heavy atom. The van der Waals surface area contributed by atoms with Gasteiger partial charge in [0.05, 0.1) is 6.33 Å². The summed E-state index contributed by atoms with van der Waals surface area (Å²) in [6.07, 6.45) is 3.26. The van der Waals surface area contributed by atoms with E-state index < -0.39 is 35.5 Å². The maximum atomic E-state index is 12.8. The predicted molar refractivity (Wildman–Crippen MR) is 109 cm³/mol. The molecule has 166 valence electrons. The van der Waals surface area contributed by atoms with E-state index >= 15 is 0 Å². The molecule has 0 unspecified atom stereocenters. The van der Waals surface area contributed by atoms with Crippen molar-refractivity contribution in [2.45, 2.75) is 19.4 Å². The summed E-state index contributed by atoms with van der Waals surface area (Å²) in [4.78, 5) is 71.5. The number of hydrogen-bond donors (Lipinski definition) is 0. The highest BCUT2D eigenvalue weighted by atomic mass is 16.2. The molecule has 2 saturated heterocycles. The van der Waals surface area contributed by atoms with Gasteiger partial charge in [-0.1, -0.05) is 0 Å². The number of carbonyl (C=O) groups excluding carboxylic acids is 3. The molecule has 31 heavy (non-hydrogen) atoms. The van der Waals surface area contributed by atoms with Crippen LogP contribution < -0.4 is 11.2 Å². The summed E-state index contributed by atoms with van der Waals surface area (Å²) < 4.78 is 3.66. The van der Waals surface area contributed by atoms with Gasteiger partial charge in [0.2, 0.25) is 5.91 Å². The number of piperazine rings is 1. The molecule has 12 nitrogen and oxygen atoms in total. The van der Waals surface area contributed by atoms with Crippen LogP contribution in [0, 0.1) is 0 Å². The van der Waals surface area contributed by atoms with Crippen LogP contribution in [0.25, 0.3) is 11.2 Å². The number of rotatable bonds is 2. The molecule has 0 aliphatic carbocycles. The van der Waals surface area contributed by atoms with Crippen LogP contribution in [0.5, 0.6) is 0 Å². The average molecular weight is 431 g/mol. The van der Waals surface area contributed by atoms with E-state index in [1.165, 1.54) is 32.3 Å². The van der Waals surface area contributed by atoms with Crippen LogP contribution in [0.4, 0.5) is 0 Å². The van der Waals surface area contributed by atoms with Gasteiger partial charge in [-0.3, -0.25) is 23.7 Å². The molecule has 2 aromatic rings. The molecule has 0 bridgehead atoms. The van der Waals surface area contributed by atoms with E-state index in [2.05, 4.69) is 4.98 Å². The molecule has 0 spiro atoms. The monoisotopic (exact) mass is 431 g/mol. The van der Waals surface area contributed by atoms with Crippen molar-refractivity contribution in [3.63, 3.8) is 0 Å². The summed E-state index contributed by atoms with van der Waals surface area (Å²) in [7, 11) is 3.15. The Labute approximate surface area is 177 Å². The molecule has 2 aliphatic rings. The maximum absolute atomic E-state index is 12.8. The standard InChI is InChI=1S/C19H25N7O5/c1-21-12-20-15-14(21)16(28)26(19(31)22(15)2)11-13(27)23-7-9-25(10-8-23)18(30)17(29)24-5-3-4-6-24/h12H,3-11H2,1-2H3. The van der Waals surface area contributed by atoms with Crippen molar-refractivity contribution < 1.29 is 14.4 Å². The van der Waals surface area contributed by atoms with Gasteiger partial charge in [-0.05, 0) is 12.8 Å². The highest BCUT2D eigenvalue weighted by molar-refractivity contribution is 6.35. The first kappa shape index (κ1) is 20.8. The van der Waals surface area contributed by atoms with E-state index in [0.29, 0.717) is 13.1 Å². The largest absolute Gasteiger partial charge is 0.338 e. The Kier molecular flexibility index (Phi) is 5.38. The van der Waals surface area contributed by atoms with Crippen molar-refractivity contribution in [2.75, 3.05) is 39.3 Å². The van der Waals surface area contributed by atoms with Crippen molar-refractivity contribution in [3.05, 3.63) is 27.2 Å². The van der Waals surface area contributed by atoms with E-state index in [0.717, 1.165) is 17.4 Å². The lowest BCUT2D eigenvalue weighted by atomic mass is 10.3. The lowest BCUT2D eigenvalue weighted by Gasteiger charge is -2.35. The summed E-state index contributed by atoms with van der Waals surface area (Å²) >= 11 is 0. The molecule has 4 heterocycles. The number of fused-ring (bicyclic) bond motifs is 1. The lowest BCUT2D eigenvalue weighted by Crippen LogP contribution is -2.55. The first-order valence-electron chi connectivity index (χ1n) is 10.3. The fourth-order valence-electron chi connectivity index (χ4n) is 4.12. The SMILES string of the molecule is Cn1cnc2c1c(=O)n(CC(=O)N1CCN(C(=O)C(=O)N3CCCC3)CC1)c(=O)n2C. The Bertz CT molecular complexity index is 1160. The van der Waals surface area contributed by atoms with Gasteiger partial charge in [0.15, 0.2) is 11.2 Å². The van der Waals surface area contributed by atoms with Gasteiger partial charge in [-0.15, -0.1) is 0 Å². The molecule has 12 heteroatoms. The van der Waals surface area contributed by atoms with E-state index in [1.807, 2.05) is 0 Å². The van der Waals surface area contributed by atoms with Gasteiger partial charge in [0.1, 0.15) is 6.54 Å². The molecule has 4 rings (SSSR count). The van der Waals surface area contributed by atoms with Crippen molar-refractivity contribution in [2.24, 2.45) is 14.1 Å². The lowest BCUT2D eigenvalue weighted by molar-refractivity contribution is -0.153. The molecule has 2 fully saturated rings. The van der Waals surface area contributed by atoms with Crippen LogP contribution in [0.1, 0.15) is 12.8 Å². The van der Waals surface area contributed by atoms with Crippen LogP contribution in [0.3, 0.4) is 0 Å². The Morgan fingerprint density at radius 2 is 1.42 bits per heavy atom. The second-order valence-electron chi connectivity index (χ2n) is 7.93. The third-order valence-corrected chi connectivity index (χ3v) is 5.99. The molecule has 0 aromatic carbocycles. The number of aryl methyl sites for hydroxylation is 2. The molecule has 2 aromatic heterocycles. The quantitative estimate of drug-likeness (QED) is 0.494. The zero-order valence-corrected chi connectivity index (χ0v) is 17.6. The van der Waals surface area contributed by atoms with Gasteiger partial charge in [0, 0.05) is 53.4 Å². The average Bonchev–Trinajstić information content (AvgIpc) is 3.44. The van der Waals surface area contributed by atoms with Crippen molar-refractivity contribution in [1.82, 2.24) is 33.4 Å². The normalized spacial score (nSPS) is 16.9. The predicted octanol–water partition coefficient (Wildman–Crippen LogP) is -2.27. The van der Waals surface area contributed by atoms with Crippen LogP contribution in [0.15, 0.2) is 15.9 Å². The van der Waals surface area contributed by atoms with Crippen LogP contribution in [-0.4, -0.2) is 90.4 Å². The number of carbonyl (C=O) groups is 3. The van der Waals surface area contributed by atoms with Crippen LogP contribution >= 0.6 is 0 Å². The van der Waals surface area contributed by atoms with Gasteiger partial charge in [0.25, 0.3) is 5.56 Å². The number of imidazole rings is 1. The summed E-state index contributed by atoms with van der Waals surface area (Å²) in [5.74, 6) is -1.42. The molecule has 0 N–H and O–H groups in total. The molecule has 3 amide bonds. The zero-order chi connectivity index (χ0) is 22.3. The van der Waals surface area contributed by atoms with E-state index in [4.69, 9.17) is 0 Å². The van der Waals surface area contributed by atoms with Crippen molar-refractivity contribution >= 4 is 28.9 Å². The van der Waals surface area contributed by atoms with Gasteiger partial charge in [-0.25, -0.2) is 14.3 Å². The second kappa shape index (κ2) is 8.00. The van der Waals surface area contributed by atoms with Crippen LogP contribution in [-0.2, 0) is 35.0 Å². The molecular weight excluding hydrogens is 406 g/mol. The van der Waals surface area contributed by atoms with E-state index in [9.17, 15) is 24.0 Å². The third-order valence-electron chi connectivity index (χ3n) is 5.99. The topological polar surface area (TPSA) is 123 Å². The zero-order valence-electron chi connectivity index (χ0n) is 17.6. The first-order valence-corrected chi connectivity index (χ1v) is 10.3. The second-order valence-corrected chi connectivity index (χ2v) is 7.93. The molecule has 0 saturated carbocycles. The molecule has 2 aliphatic heterocycles. The number of nitrogens with zero attached hydrogens (tertiary/aromatic N) is 7.